The van der Waals surface area contributed by atoms with Crippen LogP contribution in [0.3, 0.4) is 0 Å². The first kappa shape index (κ1) is 22.4. The van der Waals surface area contributed by atoms with Crippen LogP contribution in [0.1, 0.15) is 35.0 Å². The molecule has 1 fully saturated rings. The van der Waals surface area contributed by atoms with Crippen molar-refractivity contribution >= 4 is 27.6 Å². The van der Waals surface area contributed by atoms with E-state index >= 15 is 0 Å². The highest BCUT2D eigenvalue weighted by atomic mass is 35.5. The lowest BCUT2D eigenvalue weighted by Crippen LogP contribution is -2.39. The molecular weight excluding hydrogens is 461 g/mol. The van der Waals surface area contributed by atoms with E-state index in [1.54, 1.807) is 0 Å². The Bertz CT molecular complexity index is 1250. The van der Waals surface area contributed by atoms with Gasteiger partial charge in [0.1, 0.15) is 10.7 Å². The van der Waals surface area contributed by atoms with Gasteiger partial charge in [0.25, 0.3) is 0 Å². The van der Waals surface area contributed by atoms with Gasteiger partial charge in [-0.3, -0.25) is 0 Å². The molecule has 168 valence electrons. The topological polar surface area (TPSA) is 103 Å². The second-order valence-corrected chi connectivity index (χ2v) is 9.62. The molecule has 2 heterocycles. The molecule has 1 aromatic heterocycles. The Balaban J connectivity index is 1.58. The quantitative estimate of drug-likeness (QED) is 0.511. The van der Waals surface area contributed by atoms with Gasteiger partial charge in [-0.05, 0) is 55.3 Å². The number of carbonyl (C=O) groups is 1. The molecule has 2 aromatic carbocycles. The normalized spacial score (nSPS) is 17.3. The van der Waals surface area contributed by atoms with E-state index in [-0.39, 0.29) is 40.3 Å². The van der Waals surface area contributed by atoms with Gasteiger partial charge in [-0.2, -0.15) is 9.29 Å². The monoisotopic (exact) mass is 479 g/mol. The zero-order valence-corrected chi connectivity index (χ0v) is 18.6. The molecule has 0 saturated carbocycles. The summed E-state index contributed by atoms with van der Waals surface area (Å²) < 4.78 is 51.1. The van der Waals surface area contributed by atoms with Crippen LogP contribution in [-0.2, 0) is 14.8 Å². The van der Waals surface area contributed by atoms with Crippen LogP contribution >= 0.6 is 11.6 Å². The summed E-state index contributed by atoms with van der Waals surface area (Å²) in [6.45, 7) is 0.405. The highest BCUT2D eigenvalue weighted by molar-refractivity contribution is 7.89. The highest BCUT2D eigenvalue weighted by Crippen LogP contribution is 2.33. The van der Waals surface area contributed by atoms with E-state index in [0.29, 0.717) is 30.1 Å². The number of hydrogen-bond donors (Lipinski definition) is 0. The fraction of sp³-hybridized carbons (Fsp3) is 0.286. The number of rotatable bonds is 5. The minimum atomic E-state index is -3.99. The average molecular weight is 480 g/mol. The fourth-order valence-electron chi connectivity index (χ4n) is 3.56. The Morgan fingerprint density at radius 3 is 2.72 bits per heavy atom. The summed E-state index contributed by atoms with van der Waals surface area (Å²) in [5.74, 6) is -0.746. The van der Waals surface area contributed by atoms with Gasteiger partial charge in [0.15, 0.2) is 0 Å². The number of carbonyl (C=O) groups excluding carboxylic acids is 1. The summed E-state index contributed by atoms with van der Waals surface area (Å²) in [7, 11) is -2.77. The number of esters is 1. The summed E-state index contributed by atoms with van der Waals surface area (Å²) in [6.07, 6.45) is 1.24. The number of aromatic nitrogens is 2. The van der Waals surface area contributed by atoms with Gasteiger partial charge >= 0.3 is 5.97 Å². The number of benzene rings is 2. The van der Waals surface area contributed by atoms with Crippen molar-refractivity contribution < 1.29 is 26.9 Å². The van der Waals surface area contributed by atoms with Gasteiger partial charge in [0.05, 0.1) is 23.6 Å². The van der Waals surface area contributed by atoms with Gasteiger partial charge in [0, 0.05) is 18.7 Å². The number of methoxy groups -OCH3 is 1. The summed E-state index contributed by atoms with van der Waals surface area (Å²) in [5, 5.41) is 3.95. The lowest BCUT2D eigenvalue weighted by molar-refractivity contribution is 0.0600. The van der Waals surface area contributed by atoms with E-state index in [0.717, 1.165) is 0 Å². The molecular formula is C21H19ClFN3O5S. The van der Waals surface area contributed by atoms with Crippen molar-refractivity contribution in [1.29, 1.82) is 0 Å². The van der Waals surface area contributed by atoms with Crippen LogP contribution < -0.4 is 0 Å². The molecule has 0 bridgehead atoms. The molecule has 11 heteroatoms. The molecule has 1 atom stereocenters. The molecule has 1 aliphatic heterocycles. The Morgan fingerprint density at radius 2 is 2.00 bits per heavy atom. The molecule has 32 heavy (non-hydrogen) atoms. The third-order valence-electron chi connectivity index (χ3n) is 5.25. The number of halogens is 2. The summed E-state index contributed by atoms with van der Waals surface area (Å²) in [6, 6.07) is 9.65. The fourth-order valence-corrected chi connectivity index (χ4v) is 5.59. The lowest BCUT2D eigenvalue weighted by atomic mass is 10.00. The Hall–Kier alpha value is -2.82. The number of piperidine rings is 1. The standard InChI is InChI=1S/C21H19ClFN3O5S/c1-30-21(27)14-6-9-17(22)18(11-14)32(28,29)26-10-2-3-15(12-26)20-24-19(25-31-20)13-4-7-16(23)8-5-13/h4-9,11,15H,2-3,10,12H2,1H3. The van der Waals surface area contributed by atoms with Crippen molar-refractivity contribution in [3.63, 3.8) is 0 Å². The lowest BCUT2D eigenvalue weighted by Gasteiger charge is -2.30. The van der Waals surface area contributed by atoms with E-state index < -0.39 is 16.0 Å². The zero-order valence-electron chi connectivity index (χ0n) is 17.0. The van der Waals surface area contributed by atoms with Crippen LogP contribution in [0.4, 0.5) is 4.39 Å². The van der Waals surface area contributed by atoms with E-state index in [1.165, 1.54) is 53.9 Å². The van der Waals surface area contributed by atoms with Crippen LogP contribution in [0.15, 0.2) is 51.9 Å². The number of hydrogen-bond acceptors (Lipinski definition) is 7. The van der Waals surface area contributed by atoms with Gasteiger partial charge in [0.2, 0.25) is 21.7 Å². The molecule has 3 aromatic rings. The molecule has 0 radical (unpaired) electrons. The zero-order chi connectivity index (χ0) is 22.9. The largest absolute Gasteiger partial charge is 0.465 e. The maximum atomic E-state index is 13.3. The average Bonchev–Trinajstić information content (AvgIpc) is 3.29. The molecule has 0 amide bonds. The van der Waals surface area contributed by atoms with Gasteiger partial charge in [-0.15, -0.1) is 0 Å². The summed E-state index contributed by atoms with van der Waals surface area (Å²) >= 11 is 6.16. The third-order valence-corrected chi connectivity index (χ3v) is 7.59. The molecule has 1 saturated heterocycles. The number of sulfonamides is 1. The predicted molar refractivity (Wildman–Crippen MR) is 113 cm³/mol. The molecule has 0 spiro atoms. The Kier molecular flexibility index (Phi) is 6.27. The smallest absolute Gasteiger partial charge is 0.337 e. The third kappa shape index (κ3) is 4.38. The number of nitrogens with zero attached hydrogens (tertiary/aromatic N) is 3. The molecule has 1 aliphatic rings. The molecule has 1 unspecified atom stereocenters. The Morgan fingerprint density at radius 1 is 1.25 bits per heavy atom. The number of ether oxygens (including phenoxy) is 1. The molecule has 0 aliphatic carbocycles. The van der Waals surface area contributed by atoms with Gasteiger partial charge in [-0.1, -0.05) is 16.8 Å². The van der Waals surface area contributed by atoms with Crippen LogP contribution in [0.2, 0.25) is 5.02 Å². The van der Waals surface area contributed by atoms with Crippen molar-refractivity contribution in [1.82, 2.24) is 14.4 Å². The Labute approximate surface area is 189 Å². The van der Waals surface area contributed by atoms with Gasteiger partial charge < -0.3 is 9.26 Å². The van der Waals surface area contributed by atoms with Crippen molar-refractivity contribution in [2.45, 2.75) is 23.7 Å². The first-order valence-electron chi connectivity index (χ1n) is 9.77. The predicted octanol–water partition coefficient (Wildman–Crippen LogP) is 3.88. The highest BCUT2D eigenvalue weighted by Gasteiger charge is 2.35. The van der Waals surface area contributed by atoms with Crippen LogP contribution in [0, 0.1) is 5.82 Å². The minimum Gasteiger partial charge on any atom is -0.465 e. The van der Waals surface area contributed by atoms with Crippen LogP contribution in [0.5, 0.6) is 0 Å². The molecule has 8 nitrogen and oxygen atoms in total. The maximum absolute atomic E-state index is 13.3. The van der Waals surface area contributed by atoms with Crippen molar-refractivity contribution in [3.05, 3.63) is 64.8 Å². The maximum Gasteiger partial charge on any atom is 0.337 e. The first-order valence-corrected chi connectivity index (χ1v) is 11.6. The van der Waals surface area contributed by atoms with E-state index in [1.807, 2.05) is 0 Å². The van der Waals surface area contributed by atoms with Gasteiger partial charge in [-0.25, -0.2) is 17.6 Å². The van der Waals surface area contributed by atoms with E-state index in [4.69, 9.17) is 16.1 Å². The van der Waals surface area contributed by atoms with Crippen LogP contribution in [-0.4, -0.2) is 49.0 Å². The summed E-state index contributed by atoms with van der Waals surface area (Å²) in [5.41, 5.74) is 0.679. The van der Waals surface area contributed by atoms with Crippen LogP contribution in [0.25, 0.3) is 11.4 Å². The first-order chi connectivity index (χ1) is 15.3. The second-order valence-electron chi connectivity index (χ2n) is 7.30. The van der Waals surface area contributed by atoms with Crippen molar-refractivity contribution in [3.8, 4) is 11.4 Å². The minimum absolute atomic E-state index is 0.0103. The SMILES string of the molecule is COC(=O)c1ccc(Cl)c(S(=O)(=O)N2CCCC(c3nc(-c4ccc(F)cc4)no3)C2)c1. The molecule has 0 N–H and O–H groups in total. The molecule has 4 rings (SSSR count). The van der Waals surface area contributed by atoms with Crippen molar-refractivity contribution in [2.75, 3.05) is 20.2 Å². The second kappa shape index (κ2) is 8.97. The summed E-state index contributed by atoms with van der Waals surface area (Å²) in [4.78, 5) is 16.0. The van der Waals surface area contributed by atoms with Crippen molar-refractivity contribution in [2.24, 2.45) is 0 Å². The van der Waals surface area contributed by atoms with E-state index in [9.17, 15) is 17.6 Å². The van der Waals surface area contributed by atoms with E-state index in [2.05, 4.69) is 14.9 Å².